The molecule has 2 rings (SSSR count). The molecule has 1 aromatic carbocycles. The van der Waals surface area contributed by atoms with E-state index in [4.69, 9.17) is 9.47 Å². The molecule has 1 aliphatic heterocycles. The number of amides is 1. The van der Waals surface area contributed by atoms with Gasteiger partial charge >= 0.3 is 0 Å². The molecule has 1 aliphatic rings. The number of hydrogen-bond donors (Lipinski definition) is 2. The largest absolute Gasteiger partial charge is 0.454 e. The lowest BCUT2D eigenvalue weighted by Gasteiger charge is -2.17. The molecule has 1 amide bonds. The standard InChI is InChI=1S/C14H20N2O4/c1-10(17)5-6-16(2)8-14(18)15-11-3-4-12-13(7-11)20-9-19-12/h3-4,7,10,17H,5-6,8-9H2,1-2H3,(H,15,18). The smallest absolute Gasteiger partial charge is 0.238 e. The highest BCUT2D eigenvalue weighted by Crippen LogP contribution is 2.34. The first-order valence-electron chi connectivity index (χ1n) is 6.60. The Morgan fingerprint density at radius 1 is 1.45 bits per heavy atom. The van der Waals surface area contributed by atoms with Gasteiger partial charge in [-0.2, -0.15) is 0 Å². The number of rotatable bonds is 6. The van der Waals surface area contributed by atoms with Crippen molar-refractivity contribution in [2.75, 3.05) is 32.2 Å². The predicted octanol–water partition coefficient (Wildman–Crippen LogP) is 1.06. The molecule has 110 valence electrons. The van der Waals surface area contributed by atoms with Gasteiger partial charge in [-0.1, -0.05) is 0 Å². The maximum absolute atomic E-state index is 11.9. The van der Waals surface area contributed by atoms with Crippen LogP contribution in [0, 0.1) is 0 Å². The molecule has 0 radical (unpaired) electrons. The van der Waals surface area contributed by atoms with Gasteiger partial charge in [-0.25, -0.2) is 0 Å². The third kappa shape index (κ3) is 4.11. The number of aliphatic hydroxyl groups excluding tert-OH is 1. The fraction of sp³-hybridized carbons (Fsp3) is 0.500. The van der Waals surface area contributed by atoms with E-state index in [1.807, 2.05) is 11.9 Å². The predicted molar refractivity (Wildman–Crippen MR) is 75.0 cm³/mol. The molecule has 1 atom stereocenters. The van der Waals surface area contributed by atoms with Crippen LogP contribution < -0.4 is 14.8 Å². The average Bonchev–Trinajstić information content (AvgIpc) is 2.83. The third-order valence-electron chi connectivity index (χ3n) is 3.00. The van der Waals surface area contributed by atoms with E-state index in [0.29, 0.717) is 30.2 Å². The van der Waals surface area contributed by atoms with Crippen LogP contribution >= 0.6 is 0 Å². The number of aliphatic hydroxyl groups is 1. The molecule has 20 heavy (non-hydrogen) atoms. The van der Waals surface area contributed by atoms with Crippen LogP contribution in [0.25, 0.3) is 0 Å². The zero-order valence-corrected chi connectivity index (χ0v) is 11.8. The fourth-order valence-electron chi connectivity index (χ4n) is 1.91. The number of carbonyl (C=O) groups is 1. The molecule has 6 nitrogen and oxygen atoms in total. The number of carbonyl (C=O) groups excluding carboxylic acids is 1. The van der Waals surface area contributed by atoms with E-state index in [-0.39, 0.29) is 25.3 Å². The number of likely N-dealkylation sites (N-methyl/N-ethyl adjacent to an activating group) is 1. The van der Waals surface area contributed by atoms with E-state index < -0.39 is 0 Å². The van der Waals surface area contributed by atoms with E-state index in [9.17, 15) is 9.90 Å². The molecule has 6 heteroatoms. The summed E-state index contributed by atoms with van der Waals surface area (Å²) in [6, 6.07) is 5.30. The van der Waals surface area contributed by atoms with Gasteiger partial charge in [0.2, 0.25) is 12.7 Å². The highest BCUT2D eigenvalue weighted by Gasteiger charge is 2.14. The summed E-state index contributed by atoms with van der Waals surface area (Å²) in [4.78, 5) is 13.8. The van der Waals surface area contributed by atoms with Crippen LogP contribution in [0.15, 0.2) is 18.2 Å². The van der Waals surface area contributed by atoms with Crippen molar-refractivity contribution in [3.8, 4) is 11.5 Å². The number of nitrogens with zero attached hydrogens (tertiary/aromatic N) is 1. The number of anilines is 1. The molecule has 0 aliphatic carbocycles. The number of fused-ring (bicyclic) bond motifs is 1. The van der Waals surface area contributed by atoms with Crippen LogP contribution in [-0.2, 0) is 4.79 Å². The van der Waals surface area contributed by atoms with E-state index >= 15 is 0 Å². The van der Waals surface area contributed by atoms with Gasteiger partial charge in [-0.3, -0.25) is 9.69 Å². The van der Waals surface area contributed by atoms with Gasteiger partial charge in [0.15, 0.2) is 11.5 Å². The highest BCUT2D eigenvalue weighted by atomic mass is 16.7. The van der Waals surface area contributed by atoms with Gasteiger partial charge in [-0.15, -0.1) is 0 Å². The number of hydrogen-bond acceptors (Lipinski definition) is 5. The Bertz CT molecular complexity index is 476. The molecule has 1 heterocycles. The van der Waals surface area contributed by atoms with Crippen molar-refractivity contribution >= 4 is 11.6 Å². The SMILES string of the molecule is CC(O)CCN(C)CC(=O)Nc1ccc2c(c1)OCO2. The van der Waals surface area contributed by atoms with Crippen LogP contribution in [0.3, 0.4) is 0 Å². The Morgan fingerprint density at radius 3 is 2.95 bits per heavy atom. The summed E-state index contributed by atoms with van der Waals surface area (Å²) in [5.74, 6) is 1.24. The first-order chi connectivity index (χ1) is 9.54. The quantitative estimate of drug-likeness (QED) is 0.815. The van der Waals surface area contributed by atoms with Gasteiger partial charge in [0.1, 0.15) is 0 Å². The van der Waals surface area contributed by atoms with Crippen LogP contribution in [0.5, 0.6) is 11.5 Å². The third-order valence-corrected chi connectivity index (χ3v) is 3.00. The summed E-state index contributed by atoms with van der Waals surface area (Å²) in [5.41, 5.74) is 0.683. The first-order valence-corrected chi connectivity index (χ1v) is 6.60. The Kier molecular flexibility index (Phi) is 4.81. The second-order valence-electron chi connectivity index (χ2n) is 4.99. The molecule has 0 bridgehead atoms. The minimum atomic E-state index is -0.352. The van der Waals surface area contributed by atoms with Crippen LogP contribution in [0.1, 0.15) is 13.3 Å². The number of benzene rings is 1. The number of nitrogens with one attached hydrogen (secondary N) is 1. The Morgan fingerprint density at radius 2 is 2.20 bits per heavy atom. The summed E-state index contributed by atoms with van der Waals surface area (Å²) in [6.07, 6.45) is 0.294. The maximum atomic E-state index is 11.9. The minimum Gasteiger partial charge on any atom is -0.454 e. The summed E-state index contributed by atoms with van der Waals surface area (Å²) >= 11 is 0. The van der Waals surface area contributed by atoms with E-state index in [1.165, 1.54) is 0 Å². The molecule has 0 fully saturated rings. The van der Waals surface area contributed by atoms with Gasteiger partial charge < -0.3 is 19.9 Å². The molecule has 1 unspecified atom stereocenters. The zero-order chi connectivity index (χ0) is 14.5. The second kappa shape index (κ2) is 6.58. The first kappa shape index (κ1) is 14.6. The lowest BCUT2D eigenvalue weighted by Crippen LogP contribution is -2.32. The van der Waals surface area contributed by atoms with E-state index in [1.54, 1.807) is 25.1 Å². The zero-order valence-electron chi connectivity index (χ0n) is 11.8. The van der Waals surface area contributed by atoms with Crippen LogP contribution in [0.2, 0.25) is 0 Å². The van der Waals surface area contributed by atoms with Crippen molar-refractivity contribution in [1.29, 1.82) is 0 Å². The van der Waals surface area contributed by atoms with Crippen molar-refractivity contribution in [3.63, 3.8) is 0 Å². The second-order valence-corrected chi connectivity index (χ2v) is 4.99. The average molecular weight is 280 g/mol. The minimum absolute atomic E-state index is 0.100. The van der Waals surface area contributed by atoms with Crippen molar-refractivity contribution in [3.05, 3.63) is 18.2 Å². The normalized spacial score (nSPS) is 14.4. The highest BCUT2D eigenvalue weighted by molar-refractivity contribution is 5.92. The van der Waals surface area contributed by atoms with Gasteiger partial charge in [0.05, 0.1) is 12.6 Å². The summed E-state index contributed by atoms with van der Waals surface area (Å²) < 4.78 is 10.5. The van der Waals surface area contributed by atoms with Crippen LogP contribution in [-0.4, -0.2) is 48.9 Å². The van der Waals surface area contributed by atoms with Gasteiger partial charge in [-0.05, 0) is 32.5 Å². The molecule has 0 saturated heterocycles. The lowest BCUT2D eigenvalue weighted by molar-refractivity contribution is -0.117. The molecular weight excluding hydrogens is 260 g/mol. The van der Waals surface area contributed by atoms with Crippen molar-refractivity contribution < 1.29 is 19.4 Å². The monoisotopic (exact) mass is 280 g/mol. The molecule has 0 spiro atoms. The molecule has 1 aromatic rings. The number of ether oxygens (including phenoxy) is 2. The summed E-state index contributed by atoms with van der Waals surface area (Å²) in [7, 11) is 1.85. The Labute approximate surface area is 118 Å². The topological polar surface area (TPSA) is 71.0 Å². The van der Waals surface area contributed by atoms with E-state index in [0.717, 1.165) is 0 Å². The maximum Gasteiger partial charge on any atom is 0.238 e. The molecule has 0 saturated carbocycles. The van der Waals surface area contributed by atoms with Gasteiger partial charge in [0, 0.05) is 18.3 Å². The van der Waals surface area contributed by atoms with Crippen molar-refractivity contribution in [1.82, 2.24) is 4.90 Å². The summed E-state index contributed by atoms with van der Waals surface area (Å²) in [6.45, 7) is 2.91. The lowest BCUT2D eigenvalue weighted by atomic mass is 10.2. The van der Waals surface area contributed by atoms with Crippen molar-refractivity contribution in [2.24, 2.45) is 0 Å². The Hall–Kier alpha value is -1.79. The summed E-state index contributed by atoms with van der Waals surface area (Å²) in [5, 5.41) is 12.0. The molecule has 2 N–H and O–H groups in total. The molecule has 0 aromatic heterocycles. The van der Waals surface area contributed by atoms with Gasteiger partial charge in [0.25, 0.3) is 0 Å². The van der Waals surface area contributed by atoms with Crippen LogP contribution in [0.4, 0.5) is 5.69 Å². The Balaban J connectivity index is 1.82. The fourth-order valence-corrected chi connectivity index (χ4v) is 1.91. The van der Waals surface area contributed by atoms with Crippen molar-refractivity contribution in [2.45, 2.75) is 19.4 Å². The van der Waals surface area contributed by atoms with E-state index in [2.05, 4.69) is 5.32 Å². The molecular formula is C14H20N2O4.